The number of ketones is 1. The number of H-pyrrole nitrogens is 1. The number of aliphatic hydroxyl groups is 1. The Morgan fingerprint density at radius 2 is 1.84 bits per heavy atom. The van der Waals surface area contributed by atoms with Crippen LogP contribution in [0.2, 0.25) is 0 Å². The van der Waals surface area contributed by atoms with E-state index in [9.17, 15) is 19.8 Å². The lowest BCUT2D eigenvalue weighted by molar-refractivity contribution is -0.132. The Kier molecular flexibility index (Phi) is 6.74. The number of amides is 1. The van der Waals surface area contributed by atoms with Gasteiger partial charge in [-0.15, -0.1) is 0 Å². The van der Waals surface area contributed by atoms with E-state index >= 15 is 0 Å². The van der Waals surface area contributed by atoms with Crippen molar-refractivity contribution in [2.75, 3.05) is 18.1 Å². The molecule has 1 amide bonds. The minimum atomic E-state index is -1.05. The first-order valence-corrected chi connectivity index (χ1v) is 12.4. The van der Waals surface area contributed by atoms with Crippen LogP contribution in [0, 0.1) is 0 Å². The van der Waals surface area contributed by atoms with Crippen molar-refractivity contribution in [2.45, 2.75) is 26.3 Å². The number of carbonyl (C=O) groups excluding carboxylic acids is 2. The molecule has 0 radical (unpaired) electrons. The molecular weight excluding hydrogens is 486 g/mol. The zero-order valence-corrected chi connectivity index (χ0v) is 21.0. The van der Waals surface area contributed by atoms with Crippen LogP contribution in [-0.4, -0.2) is 45.1 Å². The number of rotatable bonds is 8. The maximum atomic E-state index is 13.5. The molecule has 0 saturated carbocycles. The van der Waals surface area contributed by atoms with Crippen LogP contribution in [-0.2, 0) is 9.59 Å². The van der Waals surface area contributed by atoms with Crippen LogP contribution in [0.5, 0.6) is 17.2 Å². The highest BCUT2D eigenvalue weighted by Gasteiger charge is 2.48. The fourth-order valence-corrected chi connectivity index (χ4v) is 4.50. The van der Waals surface area contributed by atoms with Crippen molar-refractivity contribution in [2.24, 2.45) is 0 Å². The largest absolute Gasteiger partial charge is 0.507 e. The molecule has 3 aromatic carbocycles. The molecule has 1 aromatic heterocycles. The fraction of sp³-hybridized carbons (Fsp3) is 0.207. The number of carbonyl (C=O) groups is 2. The minimum Gasteiger partial charge on any atom is -0.507 e. The van der Waals surface area contributed by atoms with Gasteiger partial charge < -0.3 is 24.7 Å². The van der Waals surface area contributed by atoms with E-state index in [2.05, 4.69) is 9.97 Å². The second-order valence-corrected chi connectivity index (χ2v) is 8.78. The Morgan fingerprint density at radius 3 is 2.61 bits per heavy atom. The maximum Gasteiger partial charge on any atom is 0.302 e. The van der Waals surface area contributed by atoms with Crippen molar-refractivity contribution in [3.8, 4) is 17.2 Å². The van der Waals surface area contributed by atoms with Crippen LogP contribution in [0.4, 0.5) is 5.95 Å². The SMILES string of the molecule is CCCOc1cccc(/C(O)=C2\C(=O)C(=O)N(c3nc4ccccc4[nH]3)C2c2ccc(O)c(OCC)c2)c1. The lowest BCUT2D eigenvalue weighted by atomic mass is 9.95. The predicted octanol–water partition coefficient (Wildman–Crippen LogP) is 5.08. The number of aliphatic hydroxyl groups excluding tert-OH is 1. The number of nitrogens with one attached hydrogen (secondary N) is 1. The van der Waals surface area contributed by atoms with E-state index in [4.69, 9.17) is 9.47 Å². The Morgan fingerprint density at radius 1 is 1.03 bits per heavy atom. The monoisotopic (exact) mass is 513 g/mol. The van der Waals surface area contributed by atoms with Crippen molar-refractivity contribution in [3.05, 3.63) is 83.4 Å². The number of hydrogen-bond donors (Lipinski definition) is 3. The molecule has 38 heavy (non-hydrogen) atoms. The standard InChI is InChI=1S/C29H27N3O6/c1-3-14-38-19-9-7-8-18(15-19)26(34)24-25(17-12-13-22(33)23(16-17)37-4-2)32(28(36)27(24)35)29-30-20-10-5-6-11-21(20)31-29/h5-13,15-16,25,33-34H,3-4,14H2,1-2H3,(H,30,31)/b26-24+. The number of phenols is 1. The average Bonchev–Trinajstić information content (AvgIpc) is 3.47. The molecule has 1 fully saturated rings. The quantitative estimate of drug-likeness (QED) is 0.170. The van der Waals surface area contributed by atoms with Crippen molar-refractivity contribution in [3.63, 3.8) is 0 Å². The number of imidazole rings is 1. The first kappa shape index (κ1) is 24.9. The van der Waals surface area contributed by atoms with Gasteiger partial charge in [-0.05, 0) is 55.3 Å². The van der Waals surface area contributed by atoms with E-state index in [1.165, 1.54) is 11.0 Å². The summed E-state index contributed by atoms with van der Waals surface area (Å²) in [6, 6.07) is 17.5. The van der Waals surface area contributed by atoms with Gasteiger partial charge in [-0.3, -0.25) is 14.5 Å². The Balaban J connectivity index is 1.70. The third-order valence-corrected chi connectivity index (χ3v) is 6.23. The number of aromatic amines is 1. The number of fused-ring (bicyclic) bond motifs is 1. The van der Waals surface area contributed by atoms with Crippen LogP contribution in [0.25, 0.3) is 16.8 Å². The van der Waals surface area contributed by atoms with Gasteiger partial charge >= 0.3 is 5.91 Å². The predicted molar refractivity (Wildman–Crippen MR) is 142 cm³/mol. The first-order chi connectivity index (χ1) is 18.4. The number of hydrogen-bond acceptors (Lipinski definition) is 7. The van der Waals surface area contributed by atoms with Gasteiger partial charge in [-0.2, -0.15) is 0 Å². The molecule has 9 heteroatoms. The van der Waals surface area contributed by atoms with E-state index in [1.54, 1.807) is 49.4 Å². The topological polar surface area (TPSA) is 125 Å². The number of aromatic nitrogens is 2. The molecule has 0 spiro atoms. The summed E-state index contributed by atoms with van der Waals surface area (Å²) in [5.74, 6) is -1.27. The second-order valence-electron chi connectivity index (χ2n) is 8.78. The van der Waals surface area contributed by atoms with Crippen molar-refractivity contribution < 1.29 is 29.3 Å². The van der Waals surface area contributed by atoms with Gasteiger partial charge in [-0.25, -0.2) is 4.98 Å². The van der Waals surface area contributed by atoms with E-state index in [0.717, 1.165) is 6.42 Å². The van der Waals surface area contributed by atoms with Gasteiger partial charge in [0.25, 0.3) is 5.78 Å². The molecule has 1 aliphatic rings. The molecule has 3 N–H and O–H groups in total. The summed E-state index contributed by atoms with van der Waals surface area (Å²) in [4.78, 5) is 35.8. The highest BCUT2D eigenvalue weighted by atomic mass is 16.5. The highest BCUT2D eigenvalue weighted by Crippen LogP contribution is 2.43. The summed E-state index contributed by atoms with van der Waals surface area (Å²) in [6.07, 6.45) is 0.807. The van der Waals surface area contributed by atoms with Gasteiger partial charge in [0, 0.05) is 5.56 Å². The van der Waals surface area contributed by atoms with Gasteiger partial charge in [0.2, 0.25) is 5.95 Å². The molecule has 2 heterocycles. The normalized spacial score (nSPS) is 16.8. The Bertz CT molecular complexity index is 1520. The van der Waals surface area contributed by atoms with E-state index < -0.39 is 17.7 Å². The van der Waals surface area contributed by atoms with E-state index in [0.29, 0.717) is 41.1 Å². The van der Waals surface area contributed by atoms with Crippen molar-refractivity contribution in [1.82, 2.24) is 9.97 Å². The minimum absolute atomic E-state index is 0.0861. The highest BCUT2D eigenvalue weighted by molar-refractivity contribution is 6.51. The molecule has 194 valence electrons. The summed E-state index contributed by atoms with van der Waals surface area (Å²) < 4.78 is 11.2. The summed E-state index contributed by atoms with van der Waals surface area (Å²) in [5.41, 5.74) is 1.96. The van der Waals surface area contributed by atoms with E-state index in [-0.39, 0.29) is 28.8 Å². The lowest BCUT2D eigenvalue weighted by Crippen LogP contribution is -2.30. The fourth-order valence-electron chi connectivity index (χ4n) is 4.50. The summed E-state index contributed by atoms with van der Waals surface area (Å²) in [5, 5.41) is 21.7. The summed E-state index contributed by atoms with van der Waals surface area (Å²) >= 11 is 0. The molecular formula is C29H27N3O6. The molecule has 1 saturated heterocycles. The Labute approximate surface area is 219 Å². The number of benzene rings is 3. The van der Waals surface area contributed by atoms with Crippen LogP contribution in [0.1, 0.15) is 37.4 Å². The number of para-hydroxylation sites is 2. The molecule has 1 aliphatic heterocycles. The van der Waals surface area contributed by atoms with Crippen LogP contribution in [0.15, 0.2) is 72.3 Å². The third-order valence-electron chi connectivity index (χ3n) is 6.23. The summed E-state index contributed by atoms with van der Waals surface area (Å²) in [7, 11) is 0. The van der Waals surface area contributed by atoms with Gasteiger partial charge in [-0.1, -0.05) is 37.3 Å². The zero-order valence-electron chi connectivity index (χ0n) is 21.0. The smallest absolute Gasteiger partial charge is 0.302 e. The molecule has 0 bridgehead atoms. The Hall–Kier alpha value is -4.79. The molecule has 1 unspecified atom stereocenters. The molecule has 5 rings (SSSR count). The number of aromatic hydroxyl groups is 1. The van der Waals surface area contributed by atoms with Gasteiger partial charge in [0.05, 0.1) is 35.9 Å². The number of phenolic OH excluding ortho intramolecular Hbond substituents is 1. The van der Waals surface area contributed by atoms with Gasteiger partial charge in [0.1, 0.15) is 11.5 Å². The molecule has 9 nitrogen and oxygen atoms in total. The number of Topliss-reactive ketones (excluding diaryl/α,β-unsaturated/α-hetero) is 1. The maximum absolute atomic E-state index is 13.5. The molecule has 1 atom stereocenters. The lowest BCUT2D eigenvalue weighted by Gasteiger charge is -2.23. The molecule has 0 aliphatic carbocycles. The van der Waals surface area contributed by atoms with Crippen molar-refractivity contribution in [1.29, 1.82) is 0 Å². The number of ether oxygens (including phenoxy) is 2. The van der Waals surface area contributed by atoms with Crippen LogP contribution >= 0.6 is 0 Å². The first-order valence-electron chi connectivity index (χ1n) is 12.4. The van der Waals surface area contributed by atoms with E-state index in [1.807, 2.05) is 25.1 Å². The second kappa shape index (κ2) is 10.3. The average molecular weight is 514 g/mol. The summed E-state index contributed by atoms with van der Waals surface area (Å²) in [6.45, 7) is 4.55. The van der Waals surface area contributed by atoms with Gasteiger partial charge in [0.15, 0.2) is 11.5 Å². The van der Waals surface area contributed by atoms with Crippen LogP contribution < -0.4 is 14.4 Å². The number of anilines is 1. The van der Waals surface area contributed by atoms with Crippen LogP contribution in [0.3, 0.4) is 0 Å². The number of nitrogens with zero attached hydrogens (tertiary/aromatic N) is 2. The molecule has 4 aromatic rings. The van der Waals surface area contributed by atoms with Crippen molar-refractivity contribution >= 4 is 34.4 Å². The third kappa shape index (κ3) is 4.43. The zero-order chi connectivity index (χ0) is 26.8.